The zero-order valence-corrected chi connectivity index (χ0v) is 11.9. The zero-order chi connectivity index (χ0) is 14.5. The molecule has 0 aliphatic carbocycles. The molecule has 0 unspecified atom stereocenters. The summed E-state index contributed by atoms with van der Waals surface area (Å²) in [4.78, 5) is 11.9. The monoisotopic (exact) mass is 263 g/mol. The van der Waals surface area contributed by atoms with Gasteiger partial charge in [0.1, 0.15) is 11.2 Å². The van der Waals surface area contributed by atoms with Crippen LogP contribution in [0, 0.1) is 10.8 Å². The van der Waals surface area contributed by atoms with E-state index in [0.717, 1.165) is 11.3 Å². The Labute approximate surface area is 114 Å². The van der Waals surface area contributed by atoms with Gasteiger partial charge in [-0.2, -0.15) is 0 Å². The molecule has 1 rings (SSSR count). The third-order valence-corrected chi connectivity index (χ3v) is 3.10. The third kappa shape index (κ3) is 3.56. The van der Waals surface area contributed by atoms with Gasteiger partial charge in [-0.25, -0.2) is 0 Å². The number of rotatable bonds is 6. The van der Waals surface area contributed by atoms with Gasteiger partial charge < -0.3 is 14.9 Å². The highest BCUT2D eigenvalue weighted by molar-refractivity contribution is 6.05. The van der Waals surface area contributed by atoms with E-state index in [1.165, 1.54) is 0 Å². The van der Waals surface area contributed by atoms with Crippen molar-refractivity contribution >= 4 is 11.7 Å². The van der Waals surface area contributed by atoms with Crippen LogP contribution in [-0.4, -0.2) is 25.4 Å². The Morgan fingerprint density at radius 2 is 1.95 bits per heavy atom. The van der Waals surface area contributed by atoms with Crippen molar-refractivity contribution in [1.82, 2.24) is 0 Å². The van der Waals surface area contributed by atoms with E-state index in [2.05, 4.69) is 0 Å². The number of para-hydroxylation sites is 1. The maximum Gasteiger partial charge on any atom is 0.317 e. The second-order valence-electron chi connectivity index (χ2n) is 4.81. The smallest absolute Gasteiger partial charge is 0.317 e. The van der Waals surface area contributed by atoms with Crippen molar-refractivity contribution in [3.8, 4) is 5.75 Å². The molecule has 1 aromatic carbocycles. The van der Waals surface area contributed by atoms with Crippen LogP contribution in [0.25, 0.3) is 0 Å². The van der Waals surface area contributed by atoms with Gasteiger partial charge in [-0.05, 0) is 32.4 Å². The van der Waals surface area contributed by atoms with Crippen LogP contribution >= 0.6 is 0 Å². The number of benzene rings is 1. The maximum absolute atomic E-state index is 11.9. The second kappa shape index (κ2) is 6.36. The molecule has 0 aliphatic heterocycles. The van der Waals surface area contributed by atoms with Gasteiger partial charge in [0.15, 0.2) is 0 Å². The Balaban J connectivity index is 2.87. The van der Waals surface area contributed by atoms with Crippen LogP contribution in [0.2, 0.25) is 0 Å². The van der Waals surface area contributed by atoms with Gasteiger partial charge in [-0.3, -0.25) is 4.79 Å². The van der Waals surface area contributed by atoms with Gasteiger partial charge in [0.2, 0.25) is 0 Å². The molecule has 19 heavy (non-hydrogen) atoms. The normalized spacial score (nSPS) is 10.9. The first-order valence-corrected chi connectivity index (χ1v) is 6.30. The van der Waals surface area contributed by atoms with Gasteiger partial charge in [-0.15, -0.1) is 0 Å². The molecule has 0 aliphatic rings. The minimum absolute atomic E-state index is 0.315. The van der Waals surface area contributed by atoms with Crippen LogP contribution in [0.3, 0.4) is 0 Å². The van der Waals surface area contributed by atoms with Gasteiger partial charge in [0.05, 0.1) is 13.7 Å². The molecule has 0 heterocycles. The molecule has 1 N–H and O–H groups in total. The summed E-state index contributed by atoms with van der Waals surface area (Å²) in [6.07, 6.45) is 0.371. The Morgan fingerprint density at radius 1 is 1.32 bits per heavy atom. The largest absolute Gasteiger partial charge is 0.496 e. The lowest BCUT2D eigenvalue weighted by atomic mass is 9.84. The maximum atomic E-state index is 11.9. The molecule has 104 valence electrons. The lowest BCUT2D eigenvalue weighted by Gasteiger charge is -2.23. The molecule has 1 aromatic rings. The zero-order valence-electron chi connectivity index (χ0n) is 11.9. The molecular weight excluding hydrogens is 242 g/mol. The van der Waals surface area contributed by atoms with E-state index in [4.69, 9.17) is 14.9 Å². The molecule has 4 heteroatoms. The summed E-state index contributed by atoms with van der Waals surface area (Å²) in [7, 11) is 1.60. The summed E-state index contributed by atoms with van der Waals surface area (Å²) >= 11 is 0. The molecule has 0 radical (unpaired) electrons. The highest BCUT2D eigenvalue weighted by Gasteiger charge is 2.34. The van der Waals surface area contributed by atoms with E-state index in [0.29, 0.717) is 18.7 Å². The molecule has 0 saturated heterocycles. The Hall–Kier alpha value is -1.84. The molecule has 0 aromatic heterocycles. The van der Waals surface area contributed by atoms with Crippen LogP contribution in [0.1, 0.15) is 26.3 Å². The molecule has 4 nitrogen and oxygen atoms in total. The van der Waals surface area contributed by atoms with Crippen molar-refractivity contribution in [2.75, 3.05) is 13.7 Å². The highest BCUT2D eigenvalue weighted by atomic mass is 16.5. The van der Waals surface area contributed by atoms with Crippen molar-refractivity contribution in [1.29, 1.82) is 5.41 Å². The molecule has 0 fully saturated rings. The number of esters is 1. The topological polar surface area (TPSA) is 59.4 Å². The van der Waals surface area contributed by atoms with Crippen molar-refractivity contribution < 1.29 is 14.3 Å². The summed E-state index contributed by atoms with van der Waals surface area (Å²) in [6.45, 7) is 5.51. The van der Waals surface area contributed by atoms with E-state index in [-0.39, 0.29) is 5.97 Å². The summed E-state index contributed by atoms with van der Waals surface area (Å²) in [5, 5.41) is 8.15. The Kier molecular flexibility index (Phi) is 5.10. The van der Waals surface area contributed by atoms with Crippen molar-refractivity contribution in [2.24, 2.45) is 5.41 Å². The van der Waals surface area contributed by atoms with Crippen LogP contribution in [0.5, 0.6) is 5.75 Å². The number of methoxy groups -OCH3 is 1. The van der Waals surface area contributed by atoms with Crippen LogP contribution in [-0.2, 0) is 16.0 Å². The molecular formula is C15H21NO3. The number of hydrogen-bond donors (Lipinski definition) is 1. The number of hydrogen-bond acceptors (Lipinski definition) is 4. The SMILES string of the molecule is CCOC(=O)C(C)(C)C(=N)Cc1ccccc1OC. The molecule has 0 atom stereocenters. The average molecular weight is 263 g/mol. The fourth-order valence-electron chi connectivity index (χ4n) is 1.70. The number of carbonyl (C=O) groups excluding carboxylic acids is 1. The number of carbonyl (C=O) groups is 1. The highest BCUT2D eigenvalue weighted by Crippen LogP contribution is 2.25. The second-order valence-corrected chi connectivity index (χ2v) is 4.81. The lowest BCUT2D eigenvalue weighted by Crippen LogP contribution is -2.35. The van der Waals surface area contributed by atoms with Crippen LogP contribution < -0.4 is 4.74 Å². The Bertz CT molecular complexity index is 466. The summed E-state index contributed by atoms with van der Waals surface area (Å²) in [5.41, 5.74) is 0.291. The summed E-state index contributed by atoms with van der Waals surface area (Å²) in [5.74, 6) is 0.363. The van der Waals surface area contributed by atoms with Gasteiger partial charge >= 0.3 is 5.97 Å². The first-order valence-electron chi connectivity index (χ1n) is 6.30. The van der Waals surface area contributed by atoms with E-state index in [1.54, 1.807) is 27.9 Å². The van der Waals surface area contributed by atoms with E-state index < -0.39 is 5.41 Å². The number of ether oxygens (including phenoxy) is 2. The van der Waals surface area contributed by atoms with Gasteiger partial charge in [0.25, 0.3) is 0 Å². The first kappa shape index (κ1) is 15.2. The van der Waals surface area contributed by atoms with E-state index in [9.17, 15) is 4.79 Å². The standard InChI is InChI=1S/C15H21NO3/c1-5-19-14(17)15(2,3)13(16)10-11-8-6-7-9-12(11)18-4/h6-9,16H,5,10H2,1-4H3. The van der Waals surface area contributed by atoms with Gasteiger partial charge in [-0.1, -0.05) is 18.2 Å². The average Bonchev–Trinajstić information content (AvgIpc) is 2.39. The molecule has 0 spiro atoms. The lowest BCUT2D eigenvalue weighted by molar-refractivity contribution is -0.149. The summed E-state index contributed by atoms with van der Waals surface area (Å²) < 4.78 is 10.3. The fourth-order valence-corrected chi connectivity index (χ4v) is 1.70. The van der Waals surface area contributed by atoms with Crippen molar-refractivity contribution in [2.45, 2.75) is 27.2 Å². The van der Waals surface area contributed by atoms with Crippen LogP contribution in [0.15, 0.2) is 24.3 Å². The minimum Gasteiger partial charge on any atom is -0.496 e. The van der Waals surface area contributed by atoms with E-state index >= 15 is 0 Å². The molecule has 0 bridgehead atoms. The van der Waals surface area contributed by atoms with Crippen molar-refractivity contribution in [3.05, 3.63) is 29.8 Å². The molecule has 0 saturated carbocycles. The van der Waals surface area contributed by atoms with E-state index in [1.807, 2.05) is 24.3 Å². The van der Waals surface area contributed by atoms with Crippen LogP contribution in [0.4, 0.5) is 0 Å². The summed E-state index contributed by atoms with van der Waals surface area (Å²) in [6, 6.07) is 7.51. The first-order chi connectivity index (χ1) is 8.93. The predicted molar refractivity (Wildman–Crippen MR) is 74.8 cm³/mol. The molecule has 0 amide bonds. The predicted octanol–water partition coefficient (Wildman–Crippen LogP) is 2.85. The number of nitrogens with one attached hydrogen (secondary N) is 1. The van der Waals surface area contributed by atoms with Crippen molar-refractivity contribution in [3.63, 3.8) is 0 Å². The third-order valence-electron chi connectivity index (χ3n) is 3.10. The minimum atomic E-state index is -0.920. The Morgan fingerprint density at radius 3 is 2.53 bits per heavy atom. The van der Waals surface area contributed by atoms with Gasteiger partial charge in [0, 0.05) is 12.1 Å². The quantitative estimate of drug-likeness (QED) is 0.634. The fraction of sp³-hybridized carbons (Fsp3) is 0.467.